The van der Waals surface area contributed by atoms with Crippen LogP contribution in [0.5, 0.6) is 0 Å². The molecule has 1 aromatic carbocycles. The van der Waals surface area contributed by atoms with Gasteiger partial charge >= 0.3 is 5.97 Å². The van der Waals surface area contributed by atoms with Crippen molar-refractivity contribution in [3.8, 4) is 0 Å². The van der Waals surface area contributed by atoms with Gasteiger partial charge in [0.15, 0.2) is 0 Å². The van der Waals surface area contributed by atoms with E-state index in [0.717, 1.165) is 0 Å². The van der Waals surface area contributed by atoms with Crippen molar-refractivity contribution in [2.75, 3.05) is 19.5 Å². The van der Waals surface area contributed by atoms with Gasteiger partial charge in [0.1, 0.15) is 0 Å². The minimum Gasteiger partial charge on any atom is -0.465 e. The van der Waals surface area contributed by atoms with Crippen molar-refractivity contribution in [3.63, 3.8) is 0 Å². The van der Waals surface area contributed by atoms with Crippen LogP contribution in [0.15, 0.2) is 23.1 Å². The minimum absolute atomic E-state index is 0.0855. The van der Waals surface area contributed by atoms with Gasteiger partial charge in [0.05, 0.1) is 17.6 Å². The third kappa shape index (κ3) is 4.29. The molecule has 23 heavy (non-hydrogen) atoms. The number of esters is 1. The van der Waals surface area contributed by atoms with Gasteiger partial charge in [-0.3, -0.25) is 4.79 Å². The fourth-order valence-corrected chi connectivity index (χ4v) is 3.52. The number of nitrogens with one attached hydrogen (secondary N) is 1. The normalized spacial score (nSPS) is 12.1. The number of rotatable bonds is 4. The molecule has 128 valence electrons. The van der Waals surface area contributed by atoms with E-state index in [-0.39, 0.29) is 22.1 Å². The lowest BCUT2D eigenvalue weighted by Gasteiger charge is -2.31. The van der Waals surface area contributed by atoms with E-state index in [4.69, 9.17) is 0 Å². The van der Waals surface area contributed by atoms with Gasteiger partial charge in [-0.2, -0.15) is 4.31 Å². The van der Waals surface area contributed by atoms with Crippen LogP contribution >= 0.6 is 0 Å². The summed E-state index contributed by atoms with van der Waals surface area (Å²) >= 11 is 0. The van der Waals surface area contributed by atoms with Crippen molar-refractivity contribution in [3.05, 3.63) is 23.8 Å². The Balaban J connectivity index is 3.57. The first-order valence-corrected chi connectivity index (χ1v) is 8.34. The summed E-state index contributed by atoms with van der Waals surface area (Å²) < 4.78 is 31.5. The number of benzene rings is 1. The first-order chi connectivity index (χ1) is 10.4. The number of carbonyl (C=O) groups excluding carboxylic acids is 2. The molecule has 1 rings (SSSR count). The molecule has 0 unspecified atom stereocenters. The Morgan fingerprint density at radius 3 is 2.22 bits per heavy atom. The molecule has 7 nitrogen and oxygen atoms in total. The SMILES string of the molecule is COC(=O)c1ccc(NC(C)=O)cc1S(=O)(=O)N(C)C(C)(C)C. The number of hydrogen-bond acceptors (Lipinski definition) is 5. The zero-order valence-corrected chi connectivity index (χ0v) is 14.9. The number of carbonyl (C=O) groups is 2. The van der Waals surface area contributed by atoms with Gasteiger partial charge in [0.25, 0.3) is 0 Å². The van der Waals surface area contributed by atoms with Crippen molar-refractivity contribution in [1.82, 2.24) is 4.31 Å². The summed E-state index contributed by atoms with van der Waals surface area (Å²) in [6.45, 7) is 6.52. The lowest BCUT2D eigenvalue weighted by Crippen LogP contribution is -2.42. The second kappa shape index (κ2) is 6.67. The van der Waals surface area contributed by atoms with Crippen LogP contribution in [0.25, 0.3) is 0 Å². The molecule has 0 radical (unpaired) electrons. The van der Waals surface area contributed by atoms with E-state index in [0.29, 0.717) is 0 Å². The summed E-state index contributed by atoms with van der Waals surface area (Å²) in [7, 11) is -1.35. The second-order valence-electron chi connectivity index (χ2n) is 6.03. The summed E-state index contributed by atoms with van der Waals surface area (Å²) in [6.07, 6.45) is 0. The number of amides is 1. The monoisotopic (exact) mass is 342 g/mol. The molecule has 0 aliphatic heterocycles. The Kier molecular flexibility index (Phi) is 5.55. The summed E-state index contributed by atoms with van der Waals surface area (Å²) in [5, 5.41) is 2.51. The van der Waals surface area contributed by atoms with E-state index in [2.05, 4.69) is 10.1 Å². The number of nitrogens with zero attached hydrogens (tertiary/aromatic N) is 1. The first-order valence-electron chi connectivity index (χ1n) is 6.90. The van der Waals surface area contributed by atoms with E-state index in [9.17, 15) is 18.0 Å². The zero-order chi connectivity index (χ0) is 18.0. The van der Waals surface area contributed by atoms with E-state index >= 15 is 0 Å². The number of anilines is 1. The molecule has 0 spiro atoms. The third-order valence-corrected chi connectivity index (χ3v) is 5.45. The van der Waals surface area contributed by atoms with Gasteiger partial charge in [-0.25, -0.2) is 13.2 Å². The average molecular weight is 342 g/mol. The molecule has 0 heterocycles. The smallest absolute Gasteiger partial charge is 0.339 e. The Bertz CT molecular complexity index is 720. The van der Waals surface area contributed by atoms with Crippen LogP contribution in [-0.4, -0.2) is 44.3 Å². The zero-order valence-electron chi connectivity index (χ0n) is 14.1. The summed E-state index contributed by atoms with van der Waals surface area (Å²) in [6, 6.07) is 4.02. The topological polar surface area (TPSA) is 92.8 Å². The molecule has 0 saturated heterocycles. The third-order valence-electron chi connectivity index (χ3n) is 3.29. The maximum Gasteiger partial charge on any atom is 0.339 e. The van der Waals surface area contributed by atoms with Crippen LogP contribution in [0.4, 0.5) is 5.69 Å². The van der Waals surface area contributed by atoms with Crippen LogP contribution in [0.2, 0.25) is 0 Å². The van der Waals surface area contributed by atoms with Crippen molar-refractivity contribution in [2.24, 2.45) is 0 Å². The molecule has 8 heteroatoms. The molecule has 0 fully saturated rings. The van der Waals surface area contributed by atoms with Gasteiger partial charge in [0, 0.05) is 25.2 Å². The maximum absolute atomic E-state index is 12.9. The van der Waals surface area contributed by atoms with Crippen LogP contribution in [0.1, 0.15) is 38.1 Å². The highest BCUT2D eigenvalue weighted by molar-refractivity contribution is 7.89. The molecule has 0 aliphatic carbocycles. The van der Waals surface area contributed by atoms with Crippen molar-refractivity contribution in [1.29, 1.82) is 0 Å². The number of methoxy groups -OCH3 is 1. The molecule has 0 atom stereocenters. The average Bonchev–Trinajstić information content (AvgIpc) is 2.43. The van der Waals surface area contributed by atoms with E-state index in [1.165, 1.54) is 43.6 Å². The predicted molar refractivity (Wildman–Crippen MR) is 86.8 cm³/mol. The van der Waals surface area contributed by atoms with Gasteiger partial charge < -0.3 is 10.1 Å². The summed E-state index contributed by atoms with van der Waals surface area (Å²) in [5.74, 6) is -1.11. The molecular formula is C15H22N2O5S. The van der Waals surface area contributed by atoms with E-state index in [1.54, 1.807) is 20.8 Å². The molecule has 1 amide bonds. The van der Waals surface area contributed by atoms with E-state index in [1.807, 2.05) is 0 Å². The first kappa shape index (κ1) is 19.1. The molecule has 1 aromatic rings. The number of ether oxygens (including phenoxy) is 1. The van der Waals surface area contributed by atoms with Crippen LogP contribution in [0.3, 0.4) is 0 Å². The maximum atomic E-state index is 12.9. The lowest BCUT2D eigenvalue weighted by molar-refractivity contribution is -0.114. The van der Waals surface area contributed by atoms with Crippen LogP contribution < -0.4 is 5.32 Å². The lowest BCUT2D eigenvalue weighted by atomic mass is 10.1. The predicted octanol–water partition coefficient (Wildman–Crippen LogP) is 1.85. The molecule has 1 N–H and O–H groups in total. The quantitative estimate of drug-likeness (QED) is 0.843. The highest BCUT2D eigenvalue weighted by Gasteiger charge is 2.33. The molecule has 0 aromatic heterocycles. The van der Waals surface area contributed by atoms with Gasteiger partial charge in [-0.15, -0.1) is 0 Å². The van der Waals surface area contributed by atoms with E-state index < -0.39 is 21.5 Å². The Hall–Kier alpha value is -1.93. The van der Waals surface area contributed by atoms with Gasteiger partial charge in [-0.05, 0) is 39.0 Å². The molecule has 0 saturated carbocycles. The fourth-order valence-electron chi connectivity index (χ4n) is 1.80. The molecule has 0 bridgehead atoms. The Morgan fingerprint density at radius 2 is 1.78 bits per heavy atom. The number of hydrogen-bond donors (Lipinski definition) is 1. The summed E-state index contributed by atoms with van der Waals surface area (Å²) in [4.78, 5) is 22.9. The van der Waals surface area contributed by atoms with Crippen LogP contribution in [-0.2, 0) is 19.6 Å². The Labute approximate surface area is 136 Å². The highest BCUT2D eigenvalue weighted by Crippen LogP contribution is 2.28. The van der Waals surface area contributed by atoms with Crippen LogP contribution in [0, 0.1) is 0 Å². The van der Waals surface area contributed by atoms with Crippen molar-refractivity contribution >= 4 is 27.6 Å². The Morgan fingerprint density at radius 1 is 1.22 bits per heavy atom. The van der Waals surface area contributed by atoms with Gasteiger partial charge in [0.2, 0.25) is 15.9 Å². The van der Waals surface area contributed by atoms with Crippen molar-refractivity contribution < 1.29 is 22.7 Å². The summed E-state index contributed by atoms with van der Waals surface area (Å²) in [5.41, 5.74) is -0.486. The standard InChI is InChI=1S/C15H22N2O5S/c1-10(18)16-11-7-8-12(14(19)22-6)13(9-11)23(20,21)17(5)15(2,3)4/h7-9H,1-6H3,(H,16,18). The number of sulfonamides is 1. The molecule has 0 aliphatic rings. The van der Waals surface area contributed by atoms with Gasteiger partial charge in [-0.1, -0.05) is 0 Å². The molecular weight excluding hydrogens is 320 g/mol. The largest absolute Gasteiger partial charge is 0.465 e. The second-order valence-corrected chi connectivity index (χ2v) is 7.96. The minimum atomic E-state index is -3.96. The fraction of sp³-hybridized carbons (Fsp3) is 0.467. The van der Waals surface area contributed by atoms with Crippen molar-refractivity contribution in [2.45, 2.75) is 38.1 Å². The highest BCUT2D eigenvalue weighted by atomic mass is 32.2.